The molecule has 27 heavy (non-hydrogen) atoms. The third-order valence-electron chi connectivity index (χ3n) is 4.08. The number of amides is 1. The van der Waals surface area contributed by atoms with Gasteiger partial charge < -0.3 is 19.1 Å². The fourth-order valence-corrected chi connectivity index (χ4v) is 2.83. The maximum atomic E-state index is 12.7. The minimum absolute atomic E-state index is 0.0658. The summed E-state index contributed by atoms with van der Waals surface area (Å²) in [5.41, 5.74) is 0.636. The van der Waals surface area contributed by atoms with Crippen LogP contribution in [0.4, 0.5) is 14.5 Å². The second kappa shape index (κ2) is 8.03. The number of ether oxygens (including phenoxy) is 3. The van der Waals surface area contributed by atoms with Crippen LogP contribution in [-0.4, -0.2) is 38.2 Å². The van der Waals surface area contributed by atoms with Gasteiger partial charge in [-0.2, -0.15) is 8.78 Å². The first-order valence-electron chi connectivity index (χ1n) is 8.20. The molecule has 1 saturated heterocycles. The lowest BCUT2D eigenvalue weighted by atomic mass is 10.2. The van der Waals surface area contributed by atoms with E-state index in [4.69, 9.17) is 4.74 Å². The Morgan fingerprint density at radius 3 is 2.52 bits per heavy atom. The normalized spacial score (nSPS) is 16.5. The van der Waals surface area contributed by atoms with Crippen molar-refractivity contribution < 1.29 is 32.6 Å². The third kappa shape index (κ3) is 4.16. The molecular weight excluding hydrogens is 360 g/mol. The molecule has 0 unspecified atom stereocenters. The lowest BCUT2D eigenvalue weighted by Crippen LogP contribution is -2.32. The number of carbonyl (C=O) groups excluding carboxylic acids is 2. The molecule has 0 aliphatic carbocycles. The van der Waals surface area contributed by atoms with Crippen LogP contribution < -0.4 is 14.4 Å². The number of rotatable bonds is 6. The van der Waals surface area contributed by atoms with Crippen molar-refractivity contribution in [1.29, 1.82) is 0 Å². The van der Waals surface area contributed by atoms with E-state index in [0.717, 1.165) is 0 Å². The Morgan fingerprint density at radius 1 is 1.15 bits per heavy atom. The molecule has 0 N–H and O–H groups in total. The van der Waals surface area contributed by atoms with Crippen molar-refractivity contribution in [2.75, 3.05) is 18.6 Å². The minimum Gasteiger partial charge on any atom is -0.481 e. The number of carbonyl (C=O) groups is 2. The molecule has 142 valence electrons. The first kappa shape index (κ1) is 18.6. The molecule has 0 saturated carbocycles. The van der Waals surface area contributed by atoms with Crippen LogP contribution in [0.3, 0.4) is 0 Å². The summed E-state index contributed by atoms with van der Waals surface area (Å²) in [7, 11) is 1.29. The van der Waals surface area contributed by atoms with Crippen molar-refractivity contribution in [2.24, 2.45) is 0 Å². The van der Waals surface area contributed by atoms with E-state index in [9.17, 15) is 18.4 Å². The molecule has 3 rings (SSSR count). The van der Waals surface area contributed by atoms with Crippen molar-refractivity contribution in [1.82, 2.24) is 0 Å². The third-order valence-corrected chi connectivity index (χ3v) is 4.08. The highest BCUT2D eigenvalue weighted by atomic mass is 19.3. The molecule has 8 heteroatoms. The second-order valence-electron chi connectivity index (χ2n) is 5.75. The van der Waals surface area contributed by atoms with Gasteiger partial charge in [0.05, 0.1) is 18.4 Å². The van der Waals surface area contributed by atoms with Gasteiger partial charge in [-0.25, -0.2) is 4.79 Å². The second-order valence-corrected chi connectivity index (χ2v) is 5.75. The molecule has 1 aliphatic rings. The number of alkyl halides is 2. The van der Waals surface area contributed by atoms with Crippen LogP contribution in [-0.2, 0) is 9.53 Å². The number of nitrogens with zero attached hydrogens (tertiary/aromatic N) is 1. The molecular formula is C19H17F2NO5. The van der Waals surface area contributed by atoms with E-state index in [1.807, 2.05) is 0 Å². The van der Waals surface area contributed by atoms with Crippen LogP contribution in [0.25, 0.3) is 0 Å². The lowest BCUT2D eigenvalue weighted by Gasteiger charge is -2.20. The standard InChI is InChI=1S/C19H17F2NO5/c1-25-18(24)12-6-8-13(9-7-12)26-16-10-11-22(17(16)23)14-4-2-3-5-15(14)27-19(20)21/h2-9,16,19H,10-11H2,1H3/t16-/m0/s1. The van der Waals surface area contributed by atoms with Gasteiger partial charge >= 0.3 is 12.6 Å². The average Bonchev–Trinajstić information content (AvgIpc) is 3.02. The first-order chi connectivity index (χ1) is 13.0. The highest BCUT2D eigenvalue weighted by molar-refractivity contribution is 6.00. The Hall–Kier alpha value is -3.16. The average molecular weight is 377 g/mol. The molecule has 6 nitrogen and oxygen atoms in total. The van der Waals surface area contributed by atoms with Gasteiger partial charge in [0.15, 0.2) is 6.10 Å². The van der Waals surface area contributed by atoms with Gasteiger partial charge in [0.2, 0.25) is 0 Å². The molecule has 0 bridgehead atoms. The zero-order valence-corrected chi connectivity index (χ0v) is 14.4. The van der Waals surface area contributed by atoms with Gasteiger partial charge in [0.1, 0.15) is 11.5 Å². The fraction of sp³-hybridized carbons (Fsp3) is 0.263. The largest absolute Gasteiger partial charge is 0.481 e. The smallest absolute Gasteiger partial charge is 0.387 e. The molecule has 1 aliphatic heterocycles. The Kier molecular flexibility index (Phi) is 5.54. The van der Waals surface area contributed by atoms with Crippen LogP contribution in [0.15, 0.2) is 48.5 Å². The van der Waals surface area contributed by atoms with Crippen LogP contribution in [0.2, 0.25) is 0 Å². The summed E-state index contributed by atoms with van der Waals surface area (Å²) >= 11 is 0. The summed E-state index contributed by atoms with van der Waals surface area (Å²) in [6.07, 6.45) is -0.366. The van der Waals surface area contributed by atoms with E-state index in [1.165, 1.54) is 30.2 Å². The Labute approximate surface area is 154 Å². The van der Waals surface area contributed by atoms with E-state index in [2.05, 4.69) is 9.47 Å². The Morgan fingerprint density at radius 2 is 1.85 bits per heavy atom. The van der Waals surface area contributed by atoms with Gasteiger partial charge in [-0.3, -0.25) is 4.79 Å². The number of esters is 1. The summed E-state index contributed by atoms with van der Waals surface area (Å²) in [5.74, 6) is -0.471. The van der Waals surface area contributed by atoms with Gasteiger partial charge in [-0.05, 0) is 36.4 Å². The number of halogens is 2. The summed E-state index contributed by atoms with van der Waals surface area (Å²) < 4.78 is 40.0. The number of hydrogen-bond acceptors (Lipinski definition) is 5. The van der Waals surface area contributed by atoms with E-state index in [-0.39, 0.29) is 17.3 Å². The van der Waals surface area contributed by atoms with Gasteiger partial charge in [0, 0.05) is 13.0 Å². The maximum Gasteiger partial charge on any atom is 0.387 e. The highest BCUT2D eigenvalue weighted by Gasteiger charge is 2.35. The predicted molar refractivity (Wildman–Crippen MR) is 92.2 cm³/mol. The van der Waals surface area contributed by atoms with Crippen molar-refractivity contribution >= 4 is 17.6 Å². The summed E-state index contributed by atoms with van der Waals surface area (Å²) in [4.78, 5) is 25.5. The molecule has 0 radical (unpaired) electrons. The van der Waals surface area contributed by atoms with Crippen LogP contribution in [0, 0.1) is 0 Å². The number of anilines is 1. The lowest BCUT2D eigenvalue weighted by molar-refractivity contribution is -0.123. The maximum absolute atomic E-state index is 12.7. The molecule has 2 aromatic rings. The van der Waals surface area contributed by atoms with Crippen LogP contribution >= 0.6 is 0 Å². The Balaban J connectivity index is 1.71. The van der Waals surface area contributed by atoms with Gasteiger partial charge in [-0.1, -0.05) is 12.1 Å². The molecule has 0 spiro atoms. The molecule has 1 fully saturated rings. The molecule has 1 atom stereocenters. The summed E-state index contributed by atoms with van der Waals surface area (Å²) in [5, 5.41) is 0. The number of hydrogen-bond donors (Lipinski definition) is 0. The van der Waals surface area contributed by atoms with E-state index in [1.54, 1.807) is 30.3 Å². The van der Waals surface area contributed by atoms with E-state index < -0.39 is 18.7 Å². The molecule has 0 aromatic heterocycles. The Bertz CT molecular complexity index is 825. The molecule has 1 amide bonds. The quantitative estimate of drug-likeness (QED) is 0.723. The van der Waals surface area contributed by atoms with E-state index in [0.29, 0.717) is 24.3 Å². The molecule has 2 aromatic carbocycles. The van der Waals surface area contributed by atoms with Gasteiger partial charge in [-0.15, -0.1) is 0 Å². The predicted octanol–water partition coefficient (Wildman–Crippen LogP) is 3.26. The SMILES string of the molecule is COC(=O)c1ccc(O[C@H]2CCN(c3ccccc3OC(F)F)C2=O)cc1. The van der Waals surface area contributed by atoms with Crippen molar-refractivity contribution in [3.63, 3.8) is 0 Å². The molecule has 1 heterocycles. The number of para-hydroxylation sites is 2. The topological polar surface area (TPSA) is 65.1 Å². The number of benzene rings is 2. The monoisotopic (exact) mass is 377 g/mol. The summed E-state index contributed by atoms with van der Waals surface area (Å²) in [6.45, 7) is -2.67. The van der Waals surface area contributed by atoms with Crippen molar-refractivity contribution in [3.8, 4) is 11.5 Å². The van der Waals surface area contributed by atoms with Gasteiger partial charge in [0.25, 0.3) is 5.91 Å². The summed E-state index contributed by atoms with van der Waals surface area (Å²) in [6, 6.07) is 12.3. The zero-order chi connectivity index (χ0) is 19.4. The van der Waals surface area contributed by atoms with Crippen LogP contribution in [0.5, 0.6) is 11.5 Å². The minimum atomic E-state index is -2.98. The van der Waals surface area contributed by atoms with Crippen molar-refractivity contribution in [3.05, 3.63) is 54.1 Å². The number of methoxy groups -OCH3 is 1. The van der Waals surface area contributed by atoms with Crippen LogP contribution in [0.1, 0.15) is 16.8 Å². The first-order valence-corrected chi connectivity index (χ1v) is 8.20. The fourth-order valence-electron chi connectivity index (χ4n) is 2.83. The van der Waals surface area contributed by atoms with E-state index >= 15 is 0 Å². The highest BCUT2D eigenvalue weighted by Crippen LogP contribution is 2.33. The zero-order valence-electron chi connectivity index (χ0n) is 14.4. The van der Waals surface area contributed by atoms with Crippen molar-refractivity contribution in [2.45, 2.75) is 19.1 Å².